The molecule has 15 heavy (non-hydrogen) atoms. The number of hydrogen-bond donors (Lipinski definition) is 1. The summed E-state index contributed by atoms with van der Waals surface area (Å²) in [5.74, 6) is 0. The summed E-state index contributed by atoms with van der Waals surface area (Å²) < 4.78 is 12.9. The highest BCUT2D eigenvalue weighted by molar-refractivity contribution is 5.33. The fraction of sp³-hybridized carbons (Fsp3) is 0.538. The molecule has 0 amide bonds. The van der Waals surface area contributed by atoms with Gasteiger partial charge in [0, 0.05) is 5.54 Å². The molecular weight excluding hydrogens is 189 g/mol. The van der Waals surface area contributed by atoms with Crippen LogP contribution in [0.3, 0.4) is 0 Å². The van der Waals surface area contributed by atoms with E-state index < -0.39 is 6.67 Å². The Balaban J connectivity index is 2.34. The number of alkyl halides is 1. The monoisotopic (exact) mass is 207 g/mol. The molecule has 0 unspecified atom stereocenters. The van der Waals surface area contributed by atoms with E-state index in [0.29, 0.717) is 0 Å². The number of halogens is 1. The van der Waals surface area contributed by atoms with Gasteiger partial charge in [-0.2, -0.15) is 0 Å². The lowest BCUT2D eigenvalue weighted by Gasteiger charge is -2.35. The van der Waals surface area contributed by atoms with Crippen LogP contribution >= 0.6 is 0 Å². The molecule has 1 fully saturated rings. The van der Waals surface area contributed by atoms with Crippen LogP contribution in [0, 0.1) is 0 Å². The highest BCUT2D eigenvalue weighted by Crippen LogP contribution is 2.36. The van der Waals surface area contributed by atoms with E-state index >= 15 is 0 Å². The molecule has 0 bridgehead atoms. The molecule has 0 aliphatic heterocycles. The maximum Gasteiger partial charge on any atom is 0.115 e. The maximum atomic E-state index is 12.9. The van der Waals surface area contributed by atoms with Crippen molar-refractivity contribution in [1.29, 1.82) is 0 Å². The van der Waals surface area contributed by atoms with Crippen molar-refractivity contribution in [3.8, 4) is 0 Å². The van der Waals surface area contributed by atoms with Crippen LogP contribution in [0.1, 0.15) is 43.2 Å². The first kappa shape index (κ1) is 10.6. The van der Waals surface area contributed by atoms with Crippen molar-refractivity contribution in [2.75, 3.05) is 0 Å². The quantitative estimate of drug-likeness (QED) is 0.791. The largest absolute Gasteiger partial charge is 0.321 e. The van der Waals surface area contributed by atoms with Crippen molar-refractivity contribution in [3.05, 3.63) is 35.4 Å². The number of nitrogens with two attached hydrogens (primary N) is 1. The minimum Gasteiger partial charge on any atom is -0.321 e. The van der Waals surface area contributed by atoms with Gasteiger partial charge in [-0.25, -0.2) is 4.39 Å². The molecule has 82 valence electrons. The Bertz CT molecular complexity index is 329. The van der Waals surface area contributed by atoms with E-state index in [2.05, 4.69) is 0 Å². The van der Waals surface area contributed by atoms with Gasteiger partial charge in [-0.1, -0.05) is 43.5 Å². The van der Waals surface area contributed by atoms with Gasteiger partial charge in [-0.3, -0.25) is 0 Å². The van der Waals surface area contributed by atoms with Crippen molar-refractivity contribution in [3.63, 3.8) is 0 Å². The Labute approximate surface area is 90.5 Å². The lowest BCUT2D eigenvalue weighted by Crippen LogP contribution is -2.39. The van der Waals surface area contributed by atoms with Crippen LogP contribution in [0.2, 0.25) is 0 Å². The molecule has 0 spiro atoms. The molecule has 1 aliphatic rings. The van der Waals surface area contributed by atoms with E-state index in [4.69, 9.17) is 5.73 Å². The van der Waals surface area contributed by atoms with Gasteiger partial charge in [0.1, 0.15) is 6.67 Å². The van der Waals surface area contributed by atoms with E-state index in [1.165, 1.54) is 6.42 Å². The van der Waals surface area contributed by atoms with Crippen molar-refractivity contribution in [1.82, 2.24) is 0 Å². The topological polar surface area (TPSA) is 26.0 Å². The molecule has 2 N–H and O–H groups in total. The molecule has 0 atom stereocenters. The second-order valence-corrected chi connectivity index (χ2v) is 4.51. The Morgan fingerprint density at radius 2 is 1.80 bits per heavy atom. The second-order valence-electron chi connectivity index (χ2n) is 4.51. The Morgan fingerprint density at radius 3 is 2.47 bits per heavy atom. The third kappa shape index (κ3) is 2.05. The molecule has 1 aromatic rings. The predicted octanol–water partition coefficient (Wildman–Crippen LogP) is 3.27. The average molecular weight is 207 g/mol. The van der Waals surface area contributed by atoms with Gasteiger partial charge in [-0.05, 0) is 24.0 Å². The zero-order valence-electron chi connectivity index (χ0n) is 9.01. The van der Waals surface area contributed by atoms with Gasteiger partial charge in [0.15, 0.2) is 0 Å². The van der Waals surface area contributed by atoms with Gasteiger partial charge in [0.2, 0.25) is 0 Å². The molecule has 0 saturated heterocycles. The lowest BCUT2D eigenvalue weighted by atomic mass is 9.76. The van der Waals surface area contributed by atoms with Crippen LogP contribution in [0.5, 0.6) is 0 Å². The fourth-order valence-electron chi connectivity index (χ4n) is 2.57. The average Bonchev–Trinajstić information content (AvgIpc) is 2.30. The van der Waals surface area contributed by atoms with Crippen molar-refractivity contribution in [2.24, 2.45) is 5.73 Å². The van der Waals surface area contributed by atoms with Crippen LogP contribution in [0.4, 0.5) is 4.39 Å². The van der Waals surface area contributed by atoms with Crippen LogP contribution in [0.15, 0.2) is 24.3 Å². The first-order chi connectivity index (χ1) is 7.26. The molecular formula is C13H18FN. The van der Waals surface area contributed by atoms with Gasteiger partial charge in [-0.15, -0.1) is 0 Å². The second kappa shape index (κ2) is 4.31. The lowest BCUT2D eigenvalue weighted by molar-refractivity contribution is 0.297. The third-order valence-electron chi connectivity index (χ3n) is 3.44. The molecule has 1 aliphatic carbocycles. The molecule has 0 aromatic heterocycles. The molecule has 1 saturated carbocycles. The molecule has 2 heteroatoms. The van der Waals surface area contributed by atoms with Crippen LogP contribution < -0.4 is 5.73 Å². The highest BCUT2D eigenvalue weighted by atomic mass is 19.1. The Morgan fingerprint density at radius 1 is 1.13 bits per heavy atom. The predicted molar refractivity (Wildman–Crippen MR) is 60.2 cm³/mol. The normalized spacial score (nSPS) is 20.1. The first-order valence-corrected chi connectivity index (χ1v) is 5.69. The minimum absolute atomic E-state index is 0.277. The number of hydrogen-bond acceptors (Lipinski definition) is 1. The molecule has 1 nitrogen and oxygen atoms in total. The summed E-state index contributed by atoms with van der Waals surface area (Å²) in [5.41, 5.74) is 7.90. The van der Waals surface area contributed by atoms with Crippen molar-refractivity contribution < 1.29 is 4.39 Å². The molecule has 0 heterocycles. The SMILES string of the molecule is NC1(c2ccccc2CF)CCCCC1. The van der Waals surface area contributed by atoms with Crippen molar-refractivity contribution in [2.45, 2.75) is 44.3 Å². The van der Waals surface area contributed by atoms with E-state index in [9.17, 15) is 4.39 Å². The standard InChI is InChI=1S/C13H18FN/c14-10-11-6-2-3-7-12(11)13(15)8-4-1-5-9-13/h2-3,6-7H,1,4-5,8-10,15H2. The van der Waals surface area contributed by atoms with E-state index in [1.54, 1.807) is 0 Å². The summed E-state index contributed by atoms with van der Waals surface area (Å²) in [6.07, 6.45) is 5.57. The summed E-state index contributed by atoms with van der Waals surface area (Å²) in [6.45, 7) is -0.408. The molecule has 0 radical (unpaired) electrons. The summed E-state index contributed by atoms with van der Waals surface area (Å²) in [5, 5.41) is 0. The van der Waals surface area contributed by atoms with Gasteiger partial charge in [0.05, 0.1) is 0 Å². The van der Waals surface area contributed by atoms with Gasteiger partial charge in [0.25, 0.3) is 0 Å². The summed E-state index contributed by atoms with van der Waals surface area (Å²) in [4.78, 5) is 0. The number of benzene rings is 1. The zero-order valence-corrected chi connectivity index (χ0v) is 9.01. The summed E-state index contributed by atoms with van der Waals surface area (Å²) in [7, 11) is 0. The van der Waals surface area contributed by atoms with Crippen molar-refractivity contribution >= 4 is 0 Å². The minimum atomic E-state index is -0.408. The van der Waals surface area contributed by atoms with E-state index in [1.807, 2.05) is 24.3 Å². The maximum absolute atomic E-state index is 12.9. The van der Waals surface area contributed by atoms with Crippen LogP contribution in [-0.4, -0.2) is 0 Å². The smallest absolute Gasteiger partial charge is 0.115 e. The third-order valence-corrected chi connectivity index (χ3v) is 3.44. The number of rotatable bonds is 2. The van der Waals surface area contributed by atoms with E-state index in [0.717, 1.165) is 36.8 Å². The molecule has 2 rings (SSSR count). The Hall–Kier alpha value is -0.890. The van der Waals surface area contributed by atoms with E-state index in [-0.39, 0.29) is 5.54 Å². The molecule has 1 aromatic carbocycles. The van der Waals surface area contributed by atoms with Gasteiger partial charge < -0.3 is 5.73 Å². The van der Waals surface area contributed by atoms with Crippen LogP contribution in [-0.2, 0) is 12.2 Å². The highest BCUT2D eigenvalue weighted by Gasteiger charge is 2.30. The van der Waals surface area contributed by atoms with Crippen LogP contribution in [0.25, 0.3) is 0 Å². The van der Waals surface area contributed by atoms with Gasteiger partial charge >= 0.3 is 0 Å². The Kier molecular flexibility index (Phi) is 3.06. The zero-order chi connectivity index (χ0) is 10.7. The first-order valence-electron chi connectivity index (χ1n) is 5.69. The fourth-order valence-corrected chi connectivity index (χ4v) is 2.57. The summed E-state index contributed by atoms with van der Waals surface area (Å²) >= 11 is 0. The summed E-state index contributed by atoms with van der Waals surface area (Å²) in [6, 6.07) is 7.67.